The molecule has 0 saturated carbocycles. The summed E-state index contributed by atoms with van der Waals surface area (Å²) in [7, 11) is 0. The van der Waals surface area contributed by atoms with Crippen LogP contribution in [0.3, 0.4) is 0 Å². The van der Waals surface area contributed by atoms with Crippen molar-refractivity contribution in [2.75, 3.05) is 0 Å². The molecular weight excluding hydrogens is 574 g/mol. The van der Waals surface area contributed by atoms with E-state index in [1.807, 2.05) is 133 Å². The zero-order valence-corrected chi connectivity index (χ0v) is 25.0. The van der Waals surface area contributed by atoms with E-state index in [9.17, 15) is 0 Å². The van der Waals surface area contributed by atoms with Crippen molar-refractivity contribution in [1.29, 1.82) is 0 Å². The smallest absolute Gasteiger partial charge is 0.164 e. The molecule has 0 atom stereocenters. The number of aromatic nitrogens is 3. The zero-order valence-electron chi connectivity index (χ0n) is 30.0. The van der Waals surface area contributed by atoms with Crippen LogP contribution in [0.15, 0.2) is 168 Å². The van der Waals surface area contributed by atoms with E-state index < -0.39 is 6.04 Å². The van der Waals surface area contributed by atoms with E-state index >= 15 is 0 Å². The topological polar surface area (TPSA) is 51.8 Å². The molecule has 0 fully saturated rings. The van der Waals surface area contributed by atoms with Crippen LogP contribution >= 0.6 is 0 Å². The highest BCUT2D eigenvalue weighted by molar-refractivity contribution is 6.11. The van der Waals surface area contributed by atoms with Crippen LogP contribution < -0.4 is 0 Å². The first kappa shape index (κ1) is 22.2. The van der Waals surface area contributed by atoms with Gasteiger partial charge in [-0.05, 0) is 45.2 Å². The van der Waals surface area contributed by atoms with Gasteiger partial charge in [-0.1, -0.05) is 152 Å². The van der Waals surface area contributed by atoms with Crippen LogP contribution in [0.4, 0.5) is 0 Å². The van der Waals surface area contributed by atoms with Crippen molar-refractivity contribution in [3.8, 4) is 56.4 Å². The van der Waals surface area contributed by atoms with Gasteiger partial charge in [0, 0.05) is 27.5 Å². The van der Waals surface area contributed by atoms with Gasteiger partial charge in [-0.25, -0.2) is 15.0 Å². The highest BCUT2D eigenvalue weighted by Gasteiger charge is 2.18. The highest BCUT2D eigenvalue weighted by atomic mass is 16.3. The van der Waals surface area contributed by atoms with E-state index in [1.165, 1.54) is 0 Å². The minimum absolute atomic E-state index is 0.183. The van der Waals surface area contributed by atoms with E-state index in [4.69, 9.17) is 26.2 Å². The molecule has 0 unspecified atom stereocenters. The molecule has 2 aromatic heterocycles. The molecule has 0 aliphatic carbocycles. The molecule has 0 aliphatic rings. The van der Waals surface area contributed by atoms with Crippen molar-refractivity contribution in [2.45, 2.75) is 0 Å². The molecule has 47 heavy (non-hydrogen) atoms. The monoisotopic (exact) mass is 606 g/mol. The normalized spacial score (nSPS) is 12.9. The third-order valence-corrected chi connectivity index (χ3v) is 8.46. The molecule has 0 radical (unpaired) electrons. The maximum absolute atomic E-state index is 8.58. The Morgan fingerprint density at radius 3 is 1.66 bits per heavy atom. The summed E-state index contributed by atoms with van der Waals surface area (Å²) < 4.78 is 47.8. The van der Waals surface area contributed by atoms with Crippen LogP contribution in [0, 0.1) is 0 Å². The zero-order chi connectivity index (χ0) is 35.5. The van der Waals surface area contributed by atoms with Crippen molar-refractivity contribution in [3.05, 3.63) is 164 Å². The fourth-order valence-electron chi connectivity index (χ4n) is 6.26. The lowest BCUT2D eigenvalue weighted by atomic mass is 9.92. The molecule has 2 heterocycles. The van der Waals surface area contributed by atoms with E-state index in [2.05, 4.69) is 0 Å². The lowest BCUT2D eigenvalue weighted by Gasteiger charge is -2.13. The predicted molar refractivity (Wildman–Crippen MR) is 192 cm³/mol. The molecule has 9 rings (SSSR count). The van der Waals surface area contributed by atoms with Gasteiger partial charge in [0.05, 0.1) is 6.85 Å². The van der Waals surface area contributed by atoms with Crippen LogP contribution in [0.2, 0.25) is 0 Å². The maximum atomic E-state index is 8.58. The van der Waals surface area contributed by atoms with Gasteiger partial charge in [0.2, 0.25) is 0 Å². The fourth-order valence-corrected chi connectivity index (χ4v) is 6.26. The number of furan rings is 1. The average molecular weight is 607 g/mol. The number of fused-ring (bicyclic) bond motifs is 4. The van der Waals surface area contributed by atoms with Gasteiger partial charge >= 0.3 is 0 Å². The van der Waals surface area contributed by atoms with Crippen molar-refractivity contribution in [2.24, 2.45) is 0 Å². The summed E-state index contributed by atoms with van der Waals surface area (Å²) in [5.74, 6) is 1.63. The number of hydrogen-bond acceptors (Lipinski definition) is 4. The van der Waals surface area contributed by atoms with Gasteiger partial charge in [0.25, 0.3) is 0 Å². The Labute approximate surface area is 278 Å². The Morgan fingerprint density at radius 2 is 0.936 bits per heavy atom. The minimum atomic E-state index is -0.409. The molecule has 9 aromatic rings. The van der Waals surface area contributed by atoms with Gasteiger partial charge in [-0.2, -0.15) is 0 Å². The Balaban J connectivity index is 1.17. The van der Waals surface area contributed by atoms with Crippen molar-refractivity contribution >= 4 is 32.7 Å². The van der Waals surface area contributed by atoms with Crippen LogP contribution in [0.25, 0.3) is 89.1 Å². The second kappa shape index (κ2) is 11.2. The number of hydrogen-bond donors (Lipinski definition) is 0. The number of para-hydroxylation sites is 1. The van der Waals surface area contributed by atoms with E-state index in [0.717, 1.165) is 60.5 Å². The number of nitrogens with zero attached hydrogens (tertiary/aromatic N) is 3. The van der Waals surface area contributed by atoms with Crippen LogP contribution in [-0.2, 0) is 0 Å². The summed E-state index contributed by atoms with van der Waals surface area (Å²) in [4.78, 5) is 14.9. The van der Waals surface area contributed by atoms with Gasteiger partial charge in [0.15, 0.2) is 17.5 Å². The van der Waals surface area contributed by atoms with Crippen LogP contribution in [0.5, 0.6) is 0 Å². The van der Waals surface area contributed by atoms with E-state index in [-0.39, 0.29) is 29.7 Å². The van der Waals surface area contributed by atoms with Gasteiger partial charge in [-0.15, -0.1) is 0 Å². The van der Waals surface area contributed by atoms with E-state index in [1.54, 1.807) is 0 Å². The summed E-state index contributed by atoms with van der Waals surface area (Å²) in [6.45, 7) is 0. The third-order valence-electron chi connectivity index (χ3n) is 8.46. The number of rotatable bonds is 5. The lowest BCUT2D eigenvalue weighted by molar-refractivity contribution is 0.669. The highest BCUT2D eigenvalue weighted by Crippen LogP contribution is 2.38. The molecule has 0 bridgehead atoms. The fraction of sp³-hybridized carbons (Fsp3) is 0. The largest absolute Gasteiger partial charge is 0.456 e. The predicted octanol–water partition coefficient (Wildman–Crippen LogP) is 11.3. The summed E-state index contributed by atoms with van der Waals surface area (Å²) in [6, 6.07) is 41.7. The quantitative estimate of drug-likeness (QED) is 0.196. The molecule has 4 nitrogen and oxygen atoms in total. The van der Waals surface area contributed by atoms with Crippen molar-refractivity contribution in [1.82, 2.24) is 15.0 Å². The Bertz CT molecular complexity index is 2820. The molecule has 0 aliphatic heterocycles. The third kappa shape index (κ3) is 4.75. The molecule has 7 aromatic carbocycles. The van der Waals surface area contributed by atoms with Gasteiger partial charge in [0.1, 0.15) is 11.2 Å². The summed E-state index contributed by atoms with van der Waals surface area (Å²) in [5.41, 5.74) is 6.75. The first-order valence-corrected chi connectivity index (χ1v) is 15.3. The van der Waals surface area contributed by atoms with Crippen LogP contribution in [-0.4, -0.2) is 15.0 Å². The number of benzene rings is 7. The molecule has 4 heteroatoms. The van der Waals surface area contributed by atoms with E-state index in [0.29, 0.717) is 23.0 Å². The standard InChI is InChI=1S/C43H27N3O/c1-3-12-28(13-4-1)32-26-27-33(35-17-8-7-16-34(32)35)29-22-24-31(25-23-29)42-44-41(30-14-5-2-6-15-30)45-43(46-42)37-19-11-21-39-40(37)36-18-9-10-20-38(36)47-39/h1-27H/i1D,3D,4D,12D,13D. The first-order chi connectivity index (χ1) is 25.4. The van der Waals surface area contributed by atoms with Crippen molar-refractivity contribution < 1.29 is 11.3 Å². The van der Waals surface area contributed by atoms with Crippen LogP contribution in [0.1, 0.15) is 6.85 Å². The van der Waals surface area contributed by atoms with Gasteiger partial charge < -0.3 is 4.42 Å². The summed E-state index contributed by atoms with van der Waals surface area (Å²) in [6.07, 6.45) is 0. The first-order valence-electron chi connectivity index (χ1n) is 17.8. The minimum Gasteiger partial charge on any atom is -0.456 e. The average Bonchev–Trinajstić information content (AvgIpc) is 3.59. The maximum Gasteiger partial charge on any atom is 0.164 e. The SMILES string of the molecule is [2H]c1c([2H])c([2H])c(-c2ccc(-c3ccc(-c4nc(-c5ccccc5)nc(-c5cccc6oc7ccccc7c56)n4)cc3)c3ccccc23)c([2H])c1[2H]. The second-order valence-electron chi connectivity index (χ2n) is 11.2. The molecular formula is C43H27N3O. The molecule has 220 valence electrons. The Morgan fingerprint density at radius 1 is 0.383 bits per heavy atom. The molecule has 0 spiro atoms. The molecule has 0 saturated heterocycles. The Hall–Kier alpha value is -6.39. The second-order valence-corrected chi connectivity index (χ2v) is 11.2. The Kier molecular flexibility index (Phi) is 5.28. The molecule has 0 N–H and O–H groups in total. The van der Waals surface area contributed by atoms with Gasteiger partial charge in [-0.3, -0.25) is 0 Å². The van der Waals surface area contributed by atoms with Crippen molar-refractivity contribution in [3.63, 3.8) is 0 Å². The lowest BCUT2D eigenvalue weighted by Crippen LogP contribution is -2.00. The molecule has 0 amide bonds. The summed E-state index contributed by atoms with van der Waals surface area (Å²) >= 11 is 0. The summed E-state index contributed by atoms with van der Waals surface area (Å²) in [5, 5.41) is 3.63.